The van der Waals surface area contributed by atoms with Gasteiger partial charge in [0.25, 0.3) is 30.4 Å². The zero-order chi connectivity index (χ0) is 37.6. The van der Waals surface area contributed by atoms with E-state index in [1.165, 1.54) is 0 Å². The second-order valence-corrected chi connectivity index (χ2v) is 15.0. The Hall–Kier alpha value is -4.97. The minimum atomic E-state index is -5.38. The number of aromatic nitrogens is 3. The second kappa shape index (κ2) is 13.6. The number of anilines is 4. The molecule has 0 spiro atoms. The van der Waals surface area contributed by atoms with Gasteiger partial charge in [-0.2, -0.15) is 40.2 Å². The Kier molecular flexibility index (Phi) is 9.97. The lowest BCUT2D eigenvalue weighted by Gasteiger charge is -2.22. The fourth-order valence-electron chi connectivity index (χ4n) is 4.78. The van der Waals surface area contributed by atoms with Gasteiger partial charge in [-0.1, -0.05) is 12.1 Å². The Morgan fingerprint density at radius 1 is 0.843 bits per heavy atom. The molecule has 0 fully saturated rings. The summed E-state index contributed by atoms with van der Waals surface area (Å²) in [6.07, 6.45) is 0. The molecular weight excluding hydrogens is 764 g/mol. The van der Waals surface area contributed by atoms with Crippen molar-refractivity contribution in [3.05, 3.63) is 77.1 Å². The topological polar surface area (TPSA) is 262 Å². The molecule has 0 unspecified atom stereocenters. The third-order valence-electron chi connectivity index (χ3n) is 6.95. The fraction of sp³-hybridized carbons (Fsp3) is 0.107. The first kappa shape index (κ1) is 37.3. The number of phenolic OH excluding ortho intramolecular Hbond substituents is 1. The van der Waals surface area contributed by atoms with Crippen LogP contribution in [0, 0.1) is 18.6 Å². The highest BCUT2D eigenvalue weighted by molar-refractivity contribution is 7.86. The molecule has 268 valence electrons. The Labute approximate surface area is 292 Å². The summed E-state index contributed by atoms with van der Waals surface area (Å²) >= 11 is 6.20. The van der Waals surface area contributed by atoms with E-state index in [1.54, 1.807) is 24.0 Å². The van der Waals surface area contributed by atoms with Crippen LogP contribution in [0.2, 0.25) is 5.28 Å². The number of fused-ring (bicyclic) bond motifs is 1. The number of hydrogen-bond acceptors (Lipinski definition) is 14. The molecule has 0 aliphatic heterocycles. The van der Waals surface area contributed by atoms with Gasteiger partial charge in [-0.3, -0.25) is 13.7 Å². The molecule has 5 N–H and O–H groups in total. The molecular formula is C28H22ClF2N7O10S3. The second-order valence-electron chi connectivity index (χ2n) is 10.4. The van der Waals surface area contributed by atoms with Crippen molar-refractivity contribution in [3.63, 3.8) is 0 Å². The van der Waals surface area contributed by atoms with Gasteiger partial charge in [0.15, 0.2) is 17.4 Å². The van der Waals surface area contributed by atoms with Crippen LogP contribution in [0.4, 0.5) is 43.4 Å². The first-order valence-electron chi connectivity index (χ1n) is 13.9. The summed E-state index contributed by atoms with van der Waals surface area (Å²) in [5.74, 6) is -4.88. The highest BCUT2D eigenvalue weighted by Gasteiger charge is 2.27. The average Bonchev–Trinajstić information content (AvgIpc) is 3.00. The van der Waals surface area contributed by atoms with Crippen LogP contribution in [0.1, 0.15) is 12.5 Å². The molecule has 0 radical (unpaired) electrons. The molecule has 4 aromatic carbocycles. The summed E-state index contributed by atoms with van der Waals surface area (Å²) in [7, 11) is -15.7. The molecule has 5 aromatic rings. The van der Waals surface area contributed by atoms with E-state index in [-0.39, 0.29) is 29.3 Å². The fourth-order valence-corrected chi connectivity index (χ4v) is 6.75. The van der Waals surface area contributed by atoms with Gasteiger partial charge < -0.3 is 15.3 Å². The molecule has 0 aliphatic rings. The number of phenols is 1. The van der Waals surface area contributed by atoms with Crippen LogP contribution in [0.25, 0.3) is 10.8 Å². The number of hydrogen-bond donors (Lipinski definition) is 5. The lowest BCUT2D eigenvalue weighted by molar-refractivity contribution is 0.471. The molecule has 0 saturated heterocycles. The lowest BCUT2D eigenvalue weighted by atomic mass is 10.1. The van der Waals surface area contributed by atoms with Gasteiger partial charge in [0.2, 0.25) is 17.2 Å². The summed E-state index contributed by atoms with van der Waals surface area (Å²) in [5, 5.41) is 19.6. The zero-order valence-corrected chi connectivity index (χ0v) is 28.9. The third kappa shape index (κ3) is 8.01. The van der Waals surface area contributed by atoms with Gasteiger partial charge in [-0.15, -0.1) is 10.2 Å². The smallest absolute Gasteiger partial charge is 0.296 e. The van der Waals surface area contributed by atoms with Crippen molar-refractivity contribution < 1.29 is 52.8 Å². The Morgan fingerprint density at radius 2 is 1.51 bits per heavy atom. The van der Waals surface area contributed by atoms with Crippen LogP contribution >= 0.6 is 11.6 Å². The molecule has 0 atom stereocenters. The highest BCUT2D eigenvalue weighted by atomic mass is 35.5. The van der Waals surface area contributed by atoms with E-state index in [1.807, 2.05) is 19.1 Å². The van der Waals surface area contributed by atoms with E-state index in [0.29, 0.717) is 18.3 Å². The minimum Gasteiger partial charge on any atom is -0.505 e. The van der Waals surface area contributed by atoms with E-state index in [2.05, 4.69) is 30.5 Å². The molecule has 0 aliphatic carbocycles. The van der Waals surface area contributed by atoms with Gasteiger partial charge in [-0.05, 0) is 66.7 Å². The maximum absolute atomic E-state index is 14.0. The van der Waals surface area contributed by atoms with Crippen LogP contribution in [0.5, 0.6) is 5.75 Å². The van der Waals surface area contributed by atoms with E-state index in [9.17, 15) is 52.8 Å². The molecule has 1 heterocycles. The van der Waals surface area contributed by atoms with Crippen molar-refractivity contribution in [3.8, 4) is 5.75 Å². The Bertz CT molecular complexity index is 2610. The summed E-state index contributed by atoms with van der Waals surface area (Å²) < 4.78 is 130. The maximum atomic E-state index is 14.0. The predicted octanol–water partition coefficient (Wildman–Crippen LogP) is 6.03. The summed E-state index contributed by atoms with van der Waals surface area (Å²) in [4.78, 5) is 10.7. The Morgan fingerprint density at radius 3 is 2.12 bits per heavy atom. The number of nitrogens with zero attached hydrogens (tertiary/aromatic N) is 6. The van der Waals surface area contributed by atoms with E-state index < -0.39 is 90.3 Å². The number of nitrogens with one attached hydrogen (secondary N) is 1. The van der Waals surface area contributed by atoms with E-state index in [4.69, 9.17) is 11.6 Å². The van der Waals surface area contributed by atoms with Crippen molar-refractivity contribution >= 4 is 87.4 Å². The largest absolute Gasteiger partial charge is 0.505 e. The molecule has 1 aromatic heterocycles. The number of benzene rings is 4. The van der Waals surface area contributed by atoms with Crippen molar-refractivity contribution in [2.24, 2.45) is 10.2 Å². The van der Waals surface area contributed by atoms with Crippen LogP contribution in [0.3, 0.4) is 0 Å². The number of rotatable bonds is 10. The molecule has 0 saturated carbocycles. The Balaban J connectivity index is 1.76. The van der Waals surface area contributed by atoms with Gasteiger partial charge in [-0.25, -0.2) is 8.78 Å². The van der Waals surface area contributed by atoms with Gasteiger partial charge in [0, 0.05) is 29.8 Å². The normalized spacial score (nSPS) is 12.5. The maximum Gasteiger partial charge on any atom is 0.296 e. The molecule has 17 nitrogen and oxygen atoms in total. The lowest BCUT2D eigenvalue weighted by Crippen LogP contribution is -2.20. The van der Waals surface area contributed by atoms with E-state index >= 15 is 0 Å². The summed E-state index contributed by atoms with van der Waals surface area (Å²) in [5.41, 5.74) is -1.05. The highest BCUT2D eigenvalue weighted by Crippen LogP contribution is 2.46. The van der Waals surface area contributed by atoms with Crippen LogP contribution < -0.4 is 10.2 Å². The first-order chi connectivity index (χ1) is 23.7. The molecule has 0 amide bonds. The van der Waals surface area contributed by atoms with Crippen molar-refractivity contribution in [2.75, 3.05) is 16.8 Å². The summed E-state index contributed by atoms with van der Waals surface area (Å²) in [6, 6.07) is 9.61. The van der Waals surface area contributed by atoms with Crippen molar-refractivity contribution in [2.45, 2.75) is 28.5 Å². The van der Waals surface area contributed by atoms with Crippen LogP contribution in [-0.4, -0.2) is 65.5 Å². The first-order valence-corrected chi connectivity index (χ1v) is 18.6. The van der Waals surface area contributed by atoms with Crippen LogP contribution in [-0.2, 0) is 30.4 Å². The molecule has 5 rings (SSSR count). The quantitative estimate of drug-likeness (QED) is 0.0800. The zero-order valence-electron chi connectivity index (χ0n) is 25.7. The SMILES string of the molecule is CCN(c1cccc(C)c1)c1nc(Cl)nc(Nc2cc(S(=O)(=O)O)cc3cc(S(=O)(=O)O)c(N=Nc4cc(F)c(F)cc4S(=O)(=O)O)c(O)c23)n1. The van der Waals surface area contributed by atoms with E-state index in [0.717, 1.165) is 17.7 Å². The van der Waals surface area contributed by atoms with Crippen molar-refractivity contribution in [1.82, 2.24) is 15.0 Å². The monoisotopic (exact) mass is 785 g/mol. The molecule has 23 heteroatoms. The standard InChI is InChI=1S/C28H22ClF2N7O10S3/c1-3-38(15-6-4-5-13(2)7-15)28-34-26(29)33-27(35-28)32-20-10-16(49(40,41)42)8-14-9-22(51(46,47)48)24(25(39)23(14)20)37-36-19-11-17(30)18(31)12-21(19)50(43,44)45/h4-12,39H,3H2,1-2H3,(H,40,41,42)(H,43,44,45)(H,46,47,48)(H,32,33,34,35). The van der Waals surface area contributed by atoms with Crippen LogP contribution in [0.15, 0.2) is 79.5 Å². The van der Waals surface area contributed by atoms with Gasteiger partial charge >= 0.3 is 0 Å². The number of aryl methyl sites for hydroxylation is 1. The molecule has 0 bridgehead atoms. The molecule has 51 heavy (non-hydrogen) atoms. The third-order valence-corrected chi connectivity index (χ3v) is 9.70. The average molecular weight is 786 g/mol. The minimum absolute atomic E-state index is 0.00869. The summed E-state index contributed by atoms with van der Waals surface area (Å²) in [6.45, 7) is 3.97. The van der Waals surface area contributed by atoms with Crippen molar-refractivity contribution in [1.29, 1.82) is 0 Å². The number of aromatic hydroxyl groups is 1. The number of azo groups is 1. The predicted molar refractivity (Wildman–Crippen MR) is 178 cm³/mol. The van der Waals surface area contributed by atoms with Gasteiger partial charge in [0.05, 0.1) is 10.6 Å². The number of halogens is 3. The van der Waals surface area contributed by atoms with Gasteiger partial charge in [0.1, 0.15) is 21.2 Å².